The van der Waals surface area contributed by atoms with Crippen LogP contribution < -0.4 is 0 Å². The van der Waals surface area contributed by atoms with Gasteiger partial charge >= 0.3 is 0 Å². The Morgan fingerprint density at radius 1 is 0.759 bits per heavy atom. The molecule has 4 heteroatoms. The highest BCUT2D eigenvalue weighted by atomic mass is 32.2. The van der Waals surface area contributed by atoms with Gasteiger partial charge in [-0.1, -0.05) is 128 Å². The average molecular weight is 731 g/mol. The summed E-state index contributed by atoms with van der Waals surface area (Å²) in [5, 5.41) is 6.60. The lowest BCUT2D eigenvalue weighted by Gasteiger charge is -2.23. The second-order valence-corrected chi connectivity index (χ2v) is 17.2. The fourth-order valence-corrected chi connectivity index (χ4v) is 12.1. The number of nitrogens with zero attached hydrogens (tertiary/aromatic N) is 2. The second kappa shape index (κ2) is 12.4. The molecule has 1 aliphatic heterocycles. The first-order valence-corrected chi connectivity index (χ1v) is 20.8. The molecule has 7 aromatic rings. The highest BCUT2D eigenvalue weighted by Gasteiger charge is 2.35. The van der Waals surface area contributed by atoms with Crippen molar-refractivity contribution in [3.05, 3.63) is 155 Å². The summed E-state index contributed by atoms with van der Waals surface area (Å²) in [6, 6.07) is 25.1. The van der Waals surface area contributed by atoms with E-state index in [4.69, 9.17) is 9.97 Å². The molecule has 2 atom stereocenters. The minimum Gasteiger partial charge on any atom is -0.252 e. The van der Waals surface area contributed by atoms with Crippen LogP contribution in [-0.4, -0.2) is 15.2 Å². The van der Waals surface area contributed by atoms with Gasteiger partial charge in [0.25, 0.3) is 0 Å². The molecule has 0 saturated carbocycles. The molecule has 2 unspecified atom stereocenters. The molecule has 0 N–H and O–H groups in total. The number of allylic oxidation sites excluding steroid dienone is 5. The van der Waals surface area contributed by atoms with E-state index in [1.165, 1.54) is 86.6 Å². The molecule has 3 aliphatic carbocycles. The predicted molar refractivity (Wildman–Crippen MR) is 234 cm³/mol. The topological polar surface area (TPSA) is 25.8 Å². The van der Waals surface area contributed by atoms with Gasteiger partial charge in [0, 0.05) is 36.9 Å². The van der Waals surface area contributed by atoms with E-state index >= 15 is 0 Å². The van der Waals surface area contributed by atoms with Gasteiger partial charge in [-0.15, -0.1) is 11.3 Å². The van der Waals surface area contributed by atoms with Crippen molar-refractivity contribution in [3.8, 4) is 33.5 Å². The monoisotopic (exact) mass is 730 g/mol. The molecule has 0 spiro atoms. The molecule has 4 aliphatic rings. The summed E-state index contributed by atoms with van der Waals surface area (Å²) in [7, 11) is 0. The van der Waals surface area contributed by atoms with Crippen molar-refractivity contribution in [2.24, 2.45) is 0 Å². The molecule has 0 bridgehead atoms. The minimum atomic E-state index is 0.283. The van der Waals surface area contributed by atoms with Crippen LogP contribution in [-0.2, 0) is 12.8 Å². The molecular formula is C50H38N2S2. The van der Waals surface area contributed by atoms with Crippen LogP contribution in [0.1, 0.15) is 63.5 Å². The largest absolute Gasteiger partial charge is 0.252 e. The third kappa shape index (κ3) is 4.73. The molecule has 11 rings (SSSR count). The number of aryl methyl sites for hydroxylation is 2. The Bertz CT molecular complexity index is 2920. The van der Waals surface area contributed by atoms with Gasteiger partial charge in [0.2, 0.25) is 0 Å². The number of thioether (sulfide) groups is 1. The van der Waals surface area contributed by atoms with Crippen LogP contribution in [0.5, 0.6) is 0 Å². The number of hydrogen-bond donors (Lipinski definition) is 0. The van der Waals surface area contributed by atoms with Crippen molar-refractivity contribution in [2.75, 3.05) is 0 Å². The Hall–Kier alpha value is -5.29. The van der Waals surface area contributed by atoms with E-state index in [1.807, 2.05) is 23.1 Å². The third-order valence-electron chi connectivity index (χ3n) is 12.1. The van der Waals surface area contributed by atoms with Crippen molar-refractivity contribution >= 4 is 72.3 Å². The predicted octanol–water partition coefficient (Wildman–Crippen LogP) is 13.9. The van der Waals surface area contributed by atoms with Gasteiger partial charge in [0.15, 0.2) is 0 Å². The maximum absolute atomic E-state index is 5.43. The van der Waals surface area contributed by atoms with Gasteiger partial charge < -0.3 is 0 Å². The first-order valence-electron chi connectivity index (χ1n) is 19.1. The van der Waals surface area contributed by atoms with E-state index in [-0.39, 0.29) is 5.92 Å². The van der Waals surface area contributed by atoms with E-state index in [2.05, 4.69) is 142 Å². The second-order valence-electron chi connectivity index (χ2n) is 15.0. The maximum Gasteiger partial charge on any atom is 0.120 e. The smallest absolute Gasteiger partial charge is 0.120 e. The van der Waals surface area contributed by atoms with Crippen molar-refractivity contribution in [2.45, 2.75) is 55.7 Å². The summed E-state index contributed by atoms with van der Waals surface area (Å²) in [6.45, 7) is 8.94. The van der Waals surface area contributed by atoms with Crippen LogP contribution in [0.15, 0.2) is 115 Å². The molecule has 0 fully saturated rings. The fourth-order valence-electron chi connectivity index (χ4n) is 9.47. The summed E-state index contributed by atoms with van der Waals surface area (Å²) in [5.41, 5.74) is 17.5. The highest BCUT2D eigenvalue weighted by molar-refractivity contribution is 8.00. The first kappa shape index (κ1) is 32.2. The lowest BCUT2D eigenvalue weighted by Crippen LogP contribution is -2.09. The van der Waals surface area contributed by atoms with Crippen LogP contribution in [0.3, 0.4) is 0 Å². The quantitative estimate of drug-likeness (QED) is 0.180. The molecular weight excluding hydrogens is 693 g/mol. The molecule has 5 aromatic carbocycles. The van der Waals surface area contributed by atoms with Crippen molar-refractivity contribution in [3.63, 3.8) is 0 Å². The summed E-state index contributed by atoms with van der Waals surface area (Å²) in [4.78, 5) is 10.7. The minimum absolute atomic E-state index is 0.283. The lowest BCUT2D eigenvalue weighted by atomic mass is 9.80. The summed E-state index contributed by atoms with van der Waals surface area (Å²) < 4.78 is 2.75. The number of rotatable bonds is 4. The van der Waals surface area contributed by atoms with Gasteiger partial charge in [-0.2, -0.15) is 0 Å². The van der Waals surface area contributed by atoms with E-state index in [0.717, 1.165) is 53.4 Å². The Morgan fingerprint density at radius 2 is 1.54 bits per heavy atom. The van der Waals surface area contributed by atoms with Gasteiger partial charge in [0.05, 0.1) is 17.1 Å². The number of benzene rings is 5. The molecule has 54 heavy (non-hydrogen) atoms. The zero-order valence-corrected chi connectivity index (χ0v) is 32.1. The van der Waals surface area contributed by atoms with Crippen LogP contribution in [0.2, 0.25) is 0 Å². The van der Waals surface area contributed by atoms with E-state index in [0.29, 0.717) is 5.25 Å². The van der Waals surface area contributed by atoms with Gasteiger partial charge in [-0.25, -0.2) is 4.98 Å². The molecule has 0 radical (unpaired) electrons. The van der Waals surface area contributed by atoms with Crippen LogP contribution >= 0.6 is 23.1 Å². The number of aromatic nitrogens is 2. The van der Waals surface area contributed by atoms with Gasteiger partial charge in [-0.3, -0.25) is 4.98 Å². The Kier molecular flexibility index (Phi) is 7.37. The average Bonchev–Trinajstić information content (AvgIpc) is 3.78. The molecule has 2 nitrogen and oxygen atoms in total. The lowest BCUT2D eigenvalue weighted by molar-refractivity contribution is 0.807. The van der Waals surface area contributed by atoms with E-state index in [9.17, 15) is 0 Å². The Labute approximate surface area is 324 Å². The first-order chi connectivity index (χ1) is 26.6. The molecule has 0 amide bonds. The van der Waals surface area contributed by atoms with Crippen molar-refractivity contribution < 1.29 is 0 Å². The number of thiophene rings is 1. The van der Waals surface area contributed by atoms with Crippen LogP contribution in [0.25, 0.3) is 82.7 Å². The summed E-state index contributed by atoms with van der Waals surface area (Å²) in [6.07, 6.45) is 24.7. The number of hydrogen-bond acceptors (Lipinski definition) is 4. The normalized spacial score (nSPS) is 18.0. The van der Waals surface area contributed by atoms with Crippen LogP contribution in [0, 0.1) is 13.8 Å². The third-order valence-corrected chi connectivity index (χ3v) is 14.6. The van der Waals surface area contributed by atoms with Gasteiger partial charge in [0.1, 0.15) is 5.03 Å². The fraction of sp³-hybridized carbons (Fsp3) is 0.160. The Balaban J connectivity index is 1.15. The molecule has 260 valence electrons. The number of fused-ring (bicyclic) bond motifs is 11. The molecule has 3 heterocycles. The zero-order valence-electron chi connectivity index (χ0n) is 30.4. The van der Waals surface area contributed by atoms with E-state index in [1.54, 1.807) is 0 Å². The molecule has 0 saturated heterocycles. The maximum atomic E-state index is 5.43. The highest BCUT2D eigenvalue weighted by Crippen LogP contribution is 2.51. The molecule has 2 aromatic heterocycles. The van der Waals surface area contributed by atoms with Gasteiger partial charge in [-0.05, 0) is 118 Å². The van der Waals surface area contributed by atoms with Crippen molar-refractivity contribution in [1.29, 1.82) is 0 Å². The van der Waals surface area contributed by atoms with E-state index < -0.39 is 0 Å². The zero-order chi connectivity index (χ0) is 36.1. The Morgan fingerprint density at radius 3 is 2.39 bits per heavy atom. The van der Waals surface area contributed by atoms with Crippen LogP contribution in [0.4, 0.5) is 0 Å². The summed E-state index contributed by atoms with van der Waals surface area (Å²) >= 11 is 3.80. The SMILES string of the molecule is C=Cc1c(-c2cccc(-c3cc4ccccc4cc3-c3nc4c(nc3C)C3C=CC=CC3S4)c2C)c2c(c3c1sc1c4c(ccc13)CCC=C4)C=CCC2. The summed E-state index contributed by atoms with van der Waals surface area (Å²) in [5.74, 6) is 0.283. The standard InChI is InChI=1S/C50H38N2S2/c1-4-33-44(37-18-9-10-19-38(37)45-40-25-24-30-14-7-8-17-36(30)48(40)54-49(33)45)35-22-13-21-34(28(35)2)41-26-31-15-5-6-16-32(31)27-42(41)46-29(3)51-47-39-20-11-12-23-43(39)53-50(47)52-46/h4-6,8,10-13,15-17,19-27,39,43H,1,7,9,14,18H2,2-3H3. The van der Waals surface area contributed by atoms with Crippen molar-refractivity contribution in [1.82, 2.24) is 9.97 Å².